The lowest BCUT2D eigenvalue weighted by atomic mass is 10.1. The molecule has 0 fully saturated rings. The molecule has 1 aliphatic rings. The highest BCUT2D eigenvalue weighted by molar-refractivity contribution is 5.39. The number of aliphatic hydroxyl groups excluding tert-OH is 1. The van der Waals surface area contributed by atoms with E-state index < -0.39 is 0 Å². The maximum Gasteiger partial charge on any atom is 0.119 e. The van der Waals surface area contributed by atoms with E-state index in [2.05, 4.69) is 13.0 Å². The summed E-state index contributed by atoms with van der Waals surface area (Å²) < 4.78 is 5.53. The van der Waals surface area contributed by atoms with E-state index in [9.17, 15) is 5.11 Å². The highest BCUT2D eigenvalue weighted by Crippen LogP contribution is 2.33. The molecule has 0 spiro atoms. The van der Waals surface area contributed by atoms with E-state index >= 15 is 0 Å². The monoisotopic (exact) mass is 192 g/mol. The first-order valence-electron chi connectivity index (χ1n) is 5.25. The van der Waals surface area contributed by atoms with Crippen molar-refractivity contribution in [3.63, 3.8) is 0 Å². The van der Waals surface area contributed by atoms with Crippen LogP contribution < -0.4 is 4.74 Å². The van der Waals surface area contributed by atoms with Gasteiger partial charge in [-0.25, -0.2) is 0 Å². The molecule has 1 N–H and O–H groups in total. The van der Waals surface area contributed by atoms with Crippen molar-refractivity contribution in [2.24, 2.45) is 0 Å². The third-order valence-corrected chi connectivity index (χ3v) is 2.63. The van der Waals surface area contributed by atoms with Gasteiger partial charge in [-0.1, -0.05) is 13.0 Å². The lowest BCUT2D eigenvalue weighted by Crippen LogP contribution is -1.96. The van der Waals surface area contributed by atoms with Gasteiger partial charge in [0.2, 0.25) is 0 Å². The Morgan fingerprint density at radius 1 is 1.50 bits per heavy atom. The number of ether oxygens (including phenoxy) is 1. The zero-order valence-corrected chi connectivity index (χ0v) is 8.49. The Morgan fingerprint density at radius 2 is 2.36 bits per heavy atom. The van der Waals surface area contributed by atoms with Crippen LogP contribution >= 0.6 is 0 Å². The van der Waals surface area contributed by atoms with Crippen molar-refractivity contribution in [3.8, 4) is 5.75 Å². The zero-order chi connectivity index (χ0) is 9.97. The molecule has 2 nitrogen and oxygen atoms in total. The molecule has 1 aliphatic carbocycles. The van der Waals surface area contributed by atoms with E-state index in [1.807, 2.05) is 12.1 Å². The summed E-state index contributed by atoms with van der Waals surface area (Å²) in [6.45, 7) is 2.86. The van der Waals surface area contributed by atoms with Crippen molar-refractivity contribution >= 4 is 0 Å². The SMILES string of the molecule is CCCOc1ccc2c(c1)CC[C@@H]2O. The third kappa shape index (κ3) is 1.75. The number of aryl methyl sites for hydroxylation is 1. The maximum atomic E-state index is 9.61. The molecule has 0 radical (unpaired) electrons. The van der Waals surface area contributed by atoms with E-state index in [0.717, 1.165) is 37.2 Å². The van der Waals surface area contributed by atoms with Crippen LogP contribution in [0.4, 0.5) is 0 Å². The van der Waals surface area contributed by atoms with Gasteiger partial charge in [-0.2, -0.15) is 0 Å². The van der Waals surface area contributed by atoms with Crippen molar-refractivity contribution < 1.29 is 9.84 Å². The number of fused-ring (bicyclic) bond motifs is 1. The van der Waals surface area contributed by atoms with Crippen LogP contribution in [0.25, 0.3) is 0 Å². The standard InChI is InChI=1S/C12H16O2/c1-2-7-14-10-4-5-11-9(8-10)3-6-12(11)13/h4-5,8,12-13H,2-3,6-7H2,1H3/t12-/m0/s1. The normalized spacial score (nSPS) is 19.4. The molecule has 0 aromatic heterocycles. The van der Waals surface area contributed by atoms with Crippen LogP contribution in [-0.2, 0) is 6.42 Å². The van der Waals surface area contributed by atoms with E-state index in [1.54, 1.807) is 0 Å². The predicted molar refractivity (Wildman–Crippen MR) is 55.5 cm³/mol. The van der Waals surface area contributed by atoms with E-state index in [-0.39, 0.29) is 6.10 Å². The van der Waals surface area contributed by atoms with Crippen LogP contribution in [0, 0.1) is 0 Å². The molecule has 0 heterocycles. The van der Waals surface area contributed by atoms with Gasteiger partial charge in [-0.15, -0.1) is 0 Å². The first-order chi connectivity index (χ1) is 6.81. The van der Waals surface area contributed by atoms with Crippen LogP contribution in [0.5, 0.6) is 5.75 Å². The molecule has 1 atom stereocenters. The summed E-state index contributed by atoms with van der Waals surface area (Å²) in [6, 6.07) is 5.99. The number of rotatable bonds is 3. The van der Waals surface area contributed by atoms with Gasteiger partial charge >= 0.3 is 0 Å². The third-order valence-electron chi connectivity index (χ3n) is 2.63. The molecule has 2 rings (SSSR count). The first kappa shape index (κ1) is 9.53. The van der Waals surface area contributed by atoms with Crippen molar-refractivity contribution in [2.45, 2.75) is 32.3 Å². The number of benzene rings is 1. The lowest BCUT2D eigenvalue weighted by molar-refractivity contribution is 0.180. The average molecular weight is 192 g/mol. The Bertz CT molecular complexity index is 320. The topological polar surface area (TPSA) is 29.5 Å². The molecule has 1 aromatic rings. The Labute approximate surface area is 84.5 Å². The van der Waals surface area contributed by atoms with Gasteiger partial charge in [0.25, 0.3) is 0 Å². The van der Waals surface area contributed by atoms with Crippen molar-refractivity contribution in [3.05, 3.63) is 29.3 Å². The van der Waals surface area contributed by atoms with E-state index in [0.29, 0.717) is 0 Å². The predicted octanol–water partition coefficient (Wildman–Crippen LogP) is 2.46. The smallest absolute Gasteiger partial charge is 0.119 e. The summed E-state index contributed by atoms with van der Waals surface area (Å²) in [5.74, 6) is 0.930. The van der Waals surface area contributed by atoms with Crippen molar-refractivity contribution in [1.29, 1.82) is 0 Å². The fourth-order valence-electron chi connectivity index (χ4n) is 1.88. The van der Waals surface area contributed by atoms with Gasteiger partial charge in [-0.05, 0) is 42.5 Å². The molecule has 0 unspecified atom stereocenters. The minimum atomic E-state index is -0.259. The second kappa shape index (κ2) is 4.01. The molecule has 0 bridgehead atoms. The summed E-state index contributed by atoms with van der Waals surface area (Å²) >= 11 is 0. The fourth-order valence-corrected chi connectivity index (χ4v) is 1.88. The number of hydrogen-bond acceptors (Lipinski definition) is 2. The van der Waals surface area contributed by atoms with Gasteiger partial charge in [-0.3, -0.25) is 0 Å². The molecule has 0 amide bonds. The zero-order valence-electron chi connectivity index (χ0n) is 8.49. The highest BCUT2D eigenvalue weighted by Gasteiger charge is 2.20. The minimum Gasteiger partial charge on any atom is -0.494 e. The first-order valence-corrected chi connectivity index (χ1v) is 5.25. The average Bonchev–Trinajstić information content (AvgIpc) is 2.57. The Balaban J connectivity index is 2.15. The summed E-state index contributed by atoms with van der Waals surface area (Å²) in [7, 11) is 0. The number of hydrogen-bond donors (Lipinski definition) is 1. The molecule has 14 heavy (non-hydrogen) atoms. The molecular weight excluding hydrogens is 176 g/mol. The van der Waals surface area contributed by atoms with Crippen LogP contribution in [0.3, 0.4) is 0 Å². The summed E-state index contributed by atoms with van der Waals surface area (Å²) in [5.41, 5.74) is 2.32. The molecule has 0 aliphatic heterocycles. The molecule has 76 valence electrons. The Morgan fingerprint density at radius 3 is 3.14 bits per heavy atom. The van der Waals surface area contributed by atoms with Crippen LogP contribution in [0.1, 0.15) is 37.0 Å². The molecule has 0 saturated carbocycles. The Hall–Kier alpha value is -1.02. The van der Waals surface area contributed by atoms with Gasteiger partial charge in [0, 0.05) is 0 Å². The van der Waals surface area contributed by atoms with Gasteiger partial charge in [0.15, 0.2) is 0 Å². The summed E-state index contributed by atoms with van der Waals surface area (Å²) in [5, 5.41) is 9.61. The lowest BCUT2D eigenvalue weighted by Gasteiger charge is -2.07. The van der Waals surface area contributed by atoms with Gasteiger partial charge in [0.1, 0.15) is 5.75 Å². The van der Waals surface area contributed by atoms with Crippen LogP contribution in [0.15, 0.2) is 18.2 Å². The molecule has 2 heteroatoms. The van der Waals surface area contributed by atoms with Gasteiger partial charge in [0.05, 0.1) is 12.7 Å². The highest BCUT2D eigenvalue weighted by atomic mass is 16.5. The van der Waals surface area contributed by atoms with Crippen LogP contribution in [-0.4, -0.2) is 11.7 Å². The second-order valence-corrected chi connectivity index (χ2v) is 3.76. The second-order valence-electron chi connectivity index (χ2n) is 3.76. The summed E-state index contributed by atoms with van der Waals surface area (Å²) in [4.78, 5) is 0. The van der Waals surface area contributed by atoms with E-state index in [4.69, 9.17) is 4.74 Å². The molecular formula is C12H16O2. The minimum absolute atomic E-state index is 0.259. The van der Waals surface area contributed by atoms with E-state index in [1.165, 1.54) is 5.56 Å². The Kier molecular flexibility index (Phi) is 2.73. The molecule has 0 saturated heterocycles. The maximum absolute atomic E-state index is 9.61. The fraction of sp³-hybridized carbons (Fsp3) is 0.500. The van der Waals surface area contributed by atoms with Crippen molar-refractivity contribution in [2.75, 3.05) is 6.61 Å². The van der Waals surface area contributed by atoms with Crippen LogP contribution in [0.2, 0.25) is 0 Å². The largest absolute Gasteiger partial charge is 0.494 e. The summed E-state index contributed by atoms with van der Waals surface area (Å²) in [6.07, 6.45) is 2.59. The number of aliphatic hydroxyl groups is 1. The van der Waals surface area contributed by atoms with Gasteiger partial charge < -0.3 is 9.84 Å². The molecule has 1 aromatic carbocycles. The van der Waals surface area contributed by atoms with Crippen molar-refractivity contribution in [1.82, 2.24) is 0 Å². The quantitative estimate of drug-likeness (QED) is 0.797.